The van der Waals surface area contributed by atoms with Crippen molar-refractivity contribution in [2.24, 2.45) is 5.92 Å². The van der Waals surface area contributed by atoms with E-state index < -0.39 is 0 Å². The van der Waals surface area contributed by atoms with Gasteiger partial charge in [-0.15, -0.1) is 0 Å². The van der Waals surface area contributed by atoms with Crippen LogP contribution in [0.5, 0.6) is 0 Å². The summed E-state index contributed by atoms with van der Waals surface area (Å²) in [6.07, 6.45) is 3.07. The number of aryl methyl sites for hydroxylation is 1. The highest BCUT2D eigenvalue weighted by atomic mass is 16.5. The largest absolute Gasteiger partial charge is 0.461 e. The molecule has 7 nitrogen and oxygen atoms in total. The maximum atomic E-state index is 11.7. The Morgan fingerprint density at radius 3 is 3.04 bits per heavy atom. The molecule has 7 heteroatoms. The molecule has 0 fully saturated rings. The van der Waals surface area contributed by atoms with Gasteiger partial charge in [-0.3, -0.25) is 4.79 Å². The van der Waals surface area contributed by atoms with E-state index >= 15 is 0 Å². The summed E-state index contributed by atoms with van der Waals surface area (Å²) in [5, 5.41) is 6.67. The van der Waals surface area contributed by atoms with Crippen LogP contribution in [0.4, 0.5) is 0 Å². The van der Waals surface area contributed by atoms with Gasteiger partial charge in [0.2, 0.25) is 17.6 Å². The molecular formula is C16H23N3O4. The third-order valence-electron chi connectivity index (χ3n) is 3.01. The lowest BCUT2D eigenvalue weighted by Crippen LogP contribution is -2.25. The highest BCUT2D eigenvalue weighted by molar-refractivity contribution is 5.75. The zero-order chi connectivity index (χ0) is 16.5. The second kappa shape index (κ2) is 9.09. The van der Waals surface area contributed by atoms with Gasteiger partial charge in [-0.05, 0) is 24.5 Å². The van der Waals surface area contributed by atoms with Gasteiger partial charge in [0.15, 0.2) is 5.76 Å². The van der Waals surface area contributed by atoms with E-state index in [9.17, 15) is 4.79 Å². The van der Waals surface area contributed by atoms with Crippen LogP contribution in [0, 0.1) is 5.92 Å². The molecule has 0 aliphatic carbocycles. The van der Waals surface area contributed by atoms with Crippen molar-refractivity contribution in [1.29, 1.82) is 0 Å². The SMILES string of the molecule is CC(C)COCCCNC(=O)CCc1nc(-c2ccco2)no1. The molecule has 0 saturated heterocycles. The monoisotopic (exact) mass is 321 g/mol. The predicted molar refractivity (Wildman–Crippen MR) is 83.6 cm³/mol. The van der Waals surface area contributed by atoms with Gasteiger partial charge < -0.3 is 19.0 Å². The molecule has 0 aliphatic rings. The van der Waals surface area contributed by atoms with Crippen LogP contribution in [0.25, 0.3) is 11.6 Å². The molecule has 2 heterocycles. The molecule has 0 aromatic carbocycles. The Kier molecular flexibility index (Phi) is 6.80. The fourth-order valence-corrected chi connectivity index (χ4v) is 1.89. The van der Waals surface area contributed by atoms with E-state index in [4.69, 9.17) is 13.7 Å². The van der Waals surface area contributed by atoms with Crippen molar-refractivity contribution in [3.05, 3.63) is 24.3 Å². The minimum atomic E-state index is -0.0355. The van der Waals surface area contributed by atoms with Crippen molar-refractivity contribution < 1.29 is 18.5 Å². The summed E-state index contributed by atoms with van der Waals surface area (Å²) in [5.41, 5.74) is 0. The Bertz CT molecular complexity index is 578. The van der Waals surface area contributed by atoms with E-state index in [1.54, 1.807) is 18.4 Å². The van der Waals surface area contributed by atoms with E-state index in [1.165, 1.54) is 0 Å². The van der Waals surface area contributed by atoms with Gasteiger partial charge in [0.25, 0.3) is 0 Å². The number of hydrogen-bond donors (Lipinski definition) is 1. The Balaban J connectivity index is 1.59. The zero-order valence-electron chi connectivity index (χ0n) is 13.6. The van der Waals surface area contributed by atoms with Crippen molar-refractivity contribution in [2.45, 2.75) is 33.1 Å². The average molecular weight is 321 g/mol. The normalized spacial score (nSPS) is 11.1. The van der Waals surface area contributed by atoms with Crippen LogP contribution in [0.1, 0.15) is 32.6 Å². The first kappa shape index (κ1) is 17.2. The van der Waals surface area contributed by atoms with Crippen LogP contribution < -0.4 is 5.32 Å². The molecular weight excluding hydrogens is 298 g/mol. The molecule has 2 rings (SSSR count). The molecule has 1 N–H and O–H groups in total. The molecule has 0 bridgehead atoms. The number of carbonyl (C=O) groups excluding carboxylic acids is 1. The van der Waals surface area contributed by atoms with Gasteiger partial charge in [0, 0.05) is 32.6 Å². The number of rotatable bonds is 10. The molecule has 0 unspecified atom stereocenters. The van der Waals surface area contributed by atoms with Crippen LogP contribution in [-0.4, -0.2) is 35.8 Å². The highest BCUT2D eigenvalue weighted by Gasteiger charge is 2.12. The number of furan rings is 1. The number of carbonyl (C=O) groups is 1. The van der Waals surface area contributed by atoms with Gasteiger partial charge in [0.1, 0.15) is 0 Å². The fraction of sp³-hybridized carbons (Fsp3) is 0.562. The summed E-state index contributed by atoms with van der Waals surface area (Å²) < 4.78 is 15.7. The zero-order valence-corrected chi connectivity index (χ0v) is 13.6. The summed E-state index contributed by atoms with van der Waals surface area (Å²) in [5.74, 6) is 1.86. The van der Waals surface area contributed by atoms with E-state index in [-0.39, 0.29) is 5.91 Å². The summed E-state index contributed by atoms with van der Waals surface area (Å²) in [6.45, 7) is 6.24. The first-order valence-corrected chi connectivity index (χ1v) is 7.86. The maximum Gasteiger partial charge on any atom is 0.238 e. The second-order valence-electron chi connectivity index (χ2n) is 5.66. The third-order valence-corrected chi connectivity index (χ3v) is 3.01. The lowest BCUT2D eigenvalue weighted by molar-refractivity contribution is -0.121. The number of aromatic nitrogens is 2. The van der Waals surface area contributed by atoms with Crippen LogP contribution >= 0.6 is 0 Å². The number of amides is 1. The predicted octanol–water partition coefficient (Wildman–Crippen LogP) is 2.44. The molecule has 0 atom stereocenters. The Morgan fingerprint density at radius 2 is 2.30 bits per heavy atom. The average Bonchev–Trinajstić information content (AvgIpc) is 3.18. The Labute approximate surface area is 135 Å². The first-order valence-electron chi connectivity index (χ1n) is 7.86. The van der Waals surface area contributed by atoms with Crippen LogP contribution in [-0.2, 0) is 16.0 Å². The second-order valence-corrected chi connectivity index (χ2v) is 5.66. The topological polar surface area (TPSA) is 90.4 Å². The highest BCUT2D eigenvalue weighted by Crippen LogP contribution is 2.16. The van der Waals surface area contributed by atoms with Crippen LogP contribution in [0.2, 0.25) is 0 Å². The molecule has 0 saturated carbocycles. The van der Waals surface area contributed by atoms with Crippen molar-refractivity contribution in [3.63, 3.8) is 0 Å². The van der Waals surface area contributed by atoms with Crippen molar-refractivity contribution in [2.75, 3.05) is 19.8 Å². The lowest BCUT2D eigenvalue weighted by Gasteiger charge is -2.07. The smallest absolute Gasteiger partial charge is 0.238 e. The minimum absolute atomic E-state index is 0.0355. The van der Waals surface area contributed by atoms with Gasteiger partial charge in [0.05, 0.1) is 6.26 Å². The molecule has 0 spiro atoms. The molecule has 0 aliphatic heterocycles. The van der Waals surface area contributed by atoms with Crippen LogP contribution in [0.15, 0.2) is 27.3 Å². The van der Waals surface area contributed by atoms with Gasteiger partial charge >= 0.3 is 0 Å². The van der Waals surface area contributed by atoms with Gasteiger partial charge in [-0.2, -0.15) is 4.98 Å². The first-order chi connectivity index (χ1) is 11.1. The third kappa shape index (κ3) is 6.23. The van der Waals surface area contributed by atoms with E-state index in [1.807, 2.05) is 0 Å². The van der Waals surface area contributed by atoms with Crippen LogP contribution in [0.3, 0.4) is 0 Å². The minimum Gasteiger partial charge on any atom is -0.461 e. The van der Waals surface area contributed by atoms with E-state index in [2.05, 4.69) is 29.3 Å². The summed E-state index contributed by atoms with van der Waals surface area (Å²) in [4.78, 5) is 15.9. The maximum absolute atomic E-state index is 11.7. The van der Waals surface area contributed by atoms with Gasteiger partial charge in [-0.25, -0.2) is 0 Å². The molecule has 126 valence electrons. The number of ether oxygens (including phenoxy) is 1. The summed E-state index contributed by atoms with van der Waals surface area (Å²) >= 11 is 0. The van der Waals surface area contributed by atoms with E-state index in [0.717, 1.165) is 13.0 Å². The van der Waals surface area contributed by atoms with Crippen molar-refractivity contribution in [3.8, 4) is 11.6 Å². The standard InChI is InChI=1S/C16H23N3O4/c1-12(2)11-21-9-4-8-17-14(20)6-7-15-18-16(19-23-15)13-5-3-10-22-13/h3,5,10,12H,4,6-9,11H2,1-2H3,(H,17,20). The molecule has 2 aromatic heterocycles. The number of hydrogen-bond acceptors (Lipinski definition) is 6. The fourth-order valence-electron chi connectivity index (χ4n) is 1.89. The lowest BCUT2D eigenvalue weighted by atomic mass is 10.2. The Hall–Kier alpha value is -2.15. The summed E-state index contributed by atoms with van der Waals surface area (Å²) in [6, 6.07) is 3.51. The number of nitrogens with zero attached hydrogens (tertiary/aromatic N) is 2. The Morgan fingerprint density at radius 1 is 1.43 bits per heavy atom. The van der Waals surface area contributed by atoms with Crippen molar-refractivity contribution in [1.82, 2.24) is 15.5 Å². The molecule has 23 heavy (non-hydrogen) atoms. The quantitative estimate of drug-likeness (QED) is 0.676. The van der Waals surface area contributed by atoms with Gasteiger partial charge in [-0.1, -0.05) is 19.0 Å². The number of nitrogens with one attached hydrogen (secondary N) is 1. The molecule has 0 radical (unpaired) electrons. The van der Waals surface area contributed by atoms with E-state index in [0.29, 0.717) is 49.4 Å². The van der Waals surface area contributed by atoms with Crippen molar-refractivity contribution >= 4 is 5.91 Å². The molecule has 2 aromatic rings. The molecule has 1 amide bonds. The summed E-state index contributed by atoms with van der Waals surface area (Å²) in [7, 11) is 0.